The molecule has 0 saturated heterocycles. The number of rotatable bonds is 2. The standard InChI is InChI=1S/C16H17FO/c1-10-5-4-6-14(12(10)3)16(18)15-9-13(17)8-7-11(15)2/h4-9,16,18H,1-3H3. The van der Waals surface area contributed by atoms with Crippen molar-refractivity contribution in [3.63, 3.8) is 0 Å². The summed E-state index contributed by atoms with van der Waals surface area (Å²) in [6, 6.07) is 10.3. The number of benzene rings is 2. The number of aryl methyl sites for hydroxylation is 2. The molecule has 1 N–H and O–H groups in total. The van der Waals surface area contributed by atoms with Gasteiger partial charge in [-0.05, 0) is 60.7 Å². The summed E-state index contributed by atoms with van der Waals surface area (Å²) < 4.78 is 13.3. The summed E-state index contributed by atoms with van der Waals surface area (Å²) in [5.41, 5.74) is 4.53. The van der Waals surface area contributed by atoms with Crippen molar-refractivity contribution in [2.45, 2.75) is 26.9 Å². The van der Waals surface area contributed by atoms with E-state index in [9.17, 15) is 9.50 Å². The fraction of sp³-hybridized carbons (Fsp3) is 0.250. The summed E-state index contributed by atoms with van der Waals surface area (Å²) >= 11 is 0. The van der Waals surface area contributed by atoms with Crippen LogP contribution in [-0.2, 0) is 0 Å². The van der Waals surface area contributed by atoms with Gasteiger partial charge in [-0.15, -0.1) is 0 Å². The maximum atomic E-state index is 13.3. The van der Waals surface area contributed by atoms with Gasteiger partial charge in [0, 0.05) is 0 Å². The van der Waals surface area contributed by atoms with Crippen molar-refractivity contribution < 1.29 is 9.50 Å². The molecular formula is C16H17FO. The van der Waals surface area contributed by atoms with Crippen molar-refractivity contribution in [2.75, 3.05) is 0 Å². The van der Waals surface area contributed by atoms with Crippen LogP contribution in [0.25, 0.3) is 0 Å². The highest BCUT2D eigenvalue weighted by molar-refractivity contribution is 5.41. The van der Waals surface area contributed by atoms with Crippen molar-refractivity contribution >= 4 is 0 Å². The van der Waals surface area contributed by atoms with Gasteiger partial charge in [-0.1, -0.05) is 24.3 Å². The minimum Gasteiger partial charge on any atom is -0.384 e. The quantitative estimate of drug-likeness (QED) is 0.851. The molecule has 2 aromatic carbocycles. The van der Waals surface area contributed by atoms with Gasteiger partial charge in [-0.25, -0.2) is 4.39 Å². The maximum Gasteiger partial charge on any atom is 0.123 e. The van der Waals surface area contributed by atoms with E-state index in [1.807, 2.05) is 39.0 Å². The van der Waals surface area contributed by atoms with Crippen LogP contribution in [0, 0.1) is 26.6 Å². The average molecular weight is 244 g/mol. The molecule has 0 aliphatic heterocycles. The first-order valence-electron chi connectivity index (χ1n) is 6.01. The van der Waals surface area contributed by atoms with Crippen LogP contribution >= 0.6 is 0 Å². The number of hydrogen-bond donors (Lipinski definition) is 1. The molecule has 0 amide bonds. The Labute approximate surface area is 107 Å². The fourth-order valence-electron chi connectivity index (χ4n) is 2.14. The number of aliphatic hydroxyl groups is 1. The lowest BCUT2D eigenvalue weighted by atomic mass is 9.92. The van der Waals surface area contributed by atoms with Gasteiger partial charge < -0.3 is 5.11 Å². The van der Waals surface area contributed by atoms with E-state index in [4.69, 9.17) is 0 Å². The van der Waals surface area contributed by atoms with E-state index in [0.29, 0.717) is 5.56 Å². The Morgan fingerprint density at radius 1 is 0.944 bits per heavy atom. The summed E-state index contributed by atoms with van der Waals surface area (Å²) in [6.07, 6.45) is -0.777. The molecule has 0 heterocycles. The normalized spacial score (nSPS) is 12.5. The molecule has 18 heavy (non-hydrogen) atoms. The molecule has 0 aromatic heterocycles. The van der Waals surface area contributed by atoms with Gasteiger partial charge in [-0.3, -0.25) is 0 Å². The smallest absolute Gasteiger partial charge is 0.123 e. The molecule has 0 aliphatic carbocycles. The second-order valence-electron chi connectivity index (χ2n) is 4.69. The molecule has 1 nitrogen and oxygen atoms in total. The monoisotopic (exact) mass is 244 g/mol. The minimum absolute atomic E-state index is 0.319. The summed E-state index contributed by atoms with van der Waals surface area (Å²) in [5, 5.41) is 10.4. The SMILES string of the molecule is Cc1ccc(F)cc1C(O)c1cccc(C)c1C. The van der Waals surface area contributed by atoms with Crippen LogP contribution in [0.3, 0.4) is 0 Å². The Hall–Kier alpha value is -1.67. The molecule has 0 spiro atoms. The second kappa shape index (κ2) is 4.91. The van der Waals surface area contributed by atoms with Crippen molar-refractivity contribution in [1.29, 1.82) is 0 Å². The lowest BCUT2D eigenvalue weighted by Gasteiger charge is -2.17. The second-order valence-corrected chi connectivity index (χ2v) is 4.69. The van der Waals surface area contributed by atoms with E-state index in [2.05, 4.69) is 0 Å². The van der Waals surface area contributed by atoms with E-state index in [1.54, 1.807) is 6.07 Å². The first kappa shape index (κ1) is 12.8. The predicted octanol–water partition coefficient (Wildman–Crippen LogP) is 3.83. The van der Waals surface area contributed by atoms with Crippen LogP contribution < -0.4 is 0 Å². The Morgan fingerprint density at radius 3 is 2.39 bits per heavy atom. The molecule has 0 saturated carbocycles. The van der Waals surface area contributed by atoms with Crippen molar-refractivity contribution in [3.8, 4) is 0 Å². The first-order valence-corrected chi connectivity index (χ1v) is 6.01. The molecule has 1 unspecified atom stereocenters. The Bertz CT molecular complexity index is 573. The highest BCUT2D eigenvalue weighted by Crippen LogP contribution is 2.28. The fourth-order valence-corrected chi connectivity index (χ4v) is 2.14. The number of aliphatic hydroxyl groups excluding tert-OH is 1. The van der Waals surface area contributed by atoms with E-state index >= 15 is 0 Å². The zero-order valence-corrected chi connectivity index (χ0v) is 10.9. The largest absolute Gasteiger partial charge is 0.384 e. The molecule has 2 aromatic rings. The van der Waals surface area contributed by atoms with Gasteiger partial charge in [0.1, 0.15) is 11.9 Å². The number of hydrogen-bond acceptors (Lipinski definition) is 1. The minimum atomic E-state index is -0.777. The van der Waals surface area contributed by atoms with Crippen LogP contribution in [-0.4, -0.2) is 5.11 Å². The van der Waals surface area contributed by atoms with Crippen LogP contribution in [0.2, 0.25) is 0 Å². The molecular weight excluding hydrogens is 227 g/mol. The topological polar surface area (TPSA) is 20.2 Å². The van der Waals surface area contributed by atoms with Gasteiger partial charge in [0.15, 0.2) is 0 Å². The Balaban J connectivity index is 2.51. The first-order chi connectivity index (χ1) is 8.50. The van der Waals surface area contributed by atoms with Crippen LogP contribution in [0.1, 0.15) is 33.9 Å². The third kappa shape index (κ3) is 2.29. The van der Waals surface area contributed by atoms with Gasteiger partial charge >= 0.3 is 0 Å². The summed E-state index contributed by atoms with van der Waals surface area (Å²) in [4.78, 5) is 0. The van der Waals surface area contributed by atoms with Crippen molar-refractivity contribution in [3.05, 3.63) is 70.0 Å². The molecule has 0 aliphatic rings. The van der Waals surface area contributed by atoms with Gasteiger partial charge in [0.05, 0.1) is 0 Å². The predicted molar refractivity (Wildman–Crippen MR) is 71.1 cm³/mol. The van der Waals surface area contributed by atoms with Crippen LogP contribution in [0.4, 0.5) is 4.39 Å². The van der Waals surface area contributed by atoms with Crippen LogP contribution in [0.15, 0.2) is 36.4 Å². The van der Waals surface area contributed by atoms with Crippen LogP contribution in [0.5, 0.6) is 0 Å². The molecule has 2 rings (SSSR count). The molecule has 0 radical (unpaired) electrons. The van der Waals surface area contributed by atoms with Gasteiger partial charge in [0.2, 0.25) is 0 Å². The van der Waals surface area contributed by atoms with E-state index < -0.39 is 6.10 Å². The Kier molecular flexibility index (Phi) is 3.48. The summed E-state index contributed by atoms with van der Waals surface area (Å²) in [7, 11) is 0. The van der Waals surface area contributed by atoms with E-state index in [-0.39, 0.29) is 5.82 Å². The molecule has 1 atom stereocenters. The molecule has 0 fully saturated rings. The highest BCUT2D eigenvalue weighted by atomic mass is 19.1. The zero-order valence-electron chi connectivity index (χ0n) is 10.9. The molecule has 94 valence electrons. The lowest BCUT2D eigenvalue weighted by Crippen LogP contribution is -2.05. The third-order valence-electron chi connectivity index (χ3n) is 3.48. The van der Waals surface area contributed by atoms with E-state index in [1.165, 1.54) is 12.1 Å². The molecule has 2 heteroatoms. The van der Waals surface area contributed by atoms with Crippen molar-refractivity contribution in [2.24, 2.45) is 0 Å². The van der Waals surface area contributed by atoms with Gasteiger partial charge in [0.25, 0.3) is 0 Å². The highest BCUT2D eigenvalue weighted by Gasteiger charge is 2.16. The van der Waals surface area contributed by atoms with Gasteiger partial charge in [-0.2, -0.15) is 0 Å². The lowest BCUT2D eigenvalue weighted by molar-refractivity contribution is 0.218. The third-order valence-corrected chi connectivity index (χ3v) is 3.48. The zero-order chi connectivity index (χ0) is 13.3. The maximum absolute atomic E-state index is 13.3. The molecule has 0 bridgehead atoms. The Morgan fingerprint density at radius 2 is 1.67 bits per heavy atom. The summed E-state index contributed by atoms with van der Waals surface area (Å²) in [6.45, 7) is 5.86. The summed E-state index contributed by atoms with van der Waals surface area (Å²) in [5.74, 6) is -0.319. The average Bonchev–Trinajstić information content (AvgIpc) is 2.35. The van der Waals surface area contributed by atoms with E-state index in [0.717, 1.165) is 22.3 Å². The number of halogens is 1. The van der Waals surface area contributed by atoms with Crippen molar-refractivity contribution in [1.82, 2.24) is 0 Å².